The zero-order chi connectivity index (χ0) is 23.4. The van der Waals surface area contributed by atoms with E-state index in [9.17, 15) is 0 Å². The fourth-order valence-electron chi connectivity index (χ4n) is 3.63. The Morgan fingerprint density at radius 3 is 2.70 bits per heavy atom. The molecule has 1 aliphatic rings. The summed E-state index contributed by atoms with van der Waals surface area (Å²) >= 11 is 1.72. The lowest BCUT2D eigenvalue weighted by Gasteiger charge is -2.18. The Balaban J connectivity index is 1.58. The van der Waals surface area contributed by atoms with Crippen molar-refractivity contribution in [1.29, 1.82) is 0 Å². The first kappa shape index (κ1) is 23.3. The summed E-state index contributed by atoms with van der Waals surface area (Å²) in [6, 6.07) is 12.0. The van der Waals surface area contributed by atoms with E-state index in [0.717, 1.165) is 33.7 Å². The zero-order valence-electron chi connectivity index (χ0n) is 19.7. The molecule has 4 rings (SSSR count). The summed E-state index contributed by atoms with van der Waals surface area (Å²) in [6.45, 7) is 5.92. The van der Waals surface area contributed by atoms with E-state index in [1.165, 1.54) is 0 Å². The Bertz CT molecular complexity index is 1100. The van der Waals surface area contributed by atoms with Gasteiger partial charge in [-0.15, -0.1) is 10.2 Å². The minimum absolute atomic E-state index is 0.214. The molecule has 33 heavy (non-hydrogen) atoms. The number of aromatic nitrogens is 3. The quantitative estimate of drug-likeness (QED) is 0.404. The predicted molar refractivity (Wildman–Crippen MR) is 128 cm³/mol. The third-order valence-corrected chi connectivity index (χ3v) is 6.50. The molecule has 8 nitrogen and oxygen atoms in total. The van der Waals surface area contributed by atoms with Gasteiger partial charge in [0.2, 0.25) is 12.5 Å². The van der Waals surface area contributed by atoms with Crippen LogP contribution in [-0.4, -0.2) is 53.5 Å². The molecular weight excluding hydrogens is 440 g/mol. The lowest BCUT2D eigenvalue weighted by molar-refractivity contribution is 0.171. The number of thioether (sulfide) groups is 1. The van der Waals surface area contributed by atoms with Crippen molar-refractivity contribution in [1.82, 2.24) is 19.7 Å². The van der Waals surface area contributed by atoms with Gasteiger partial charge in [-0.05, 0) is 42.8 Å². The first-order valence-electron chi connectivity index (χ1n) is 10.8. The molecule has 0 fully saturated rings. The second kappa shape index (κ2) is 10.4. The minimum Gasteiger partial charge on any atom is -0.497 e. The van der Waals surface area contributed by atoms with E-state index in [1.54, 1.807) is 26.0 Å². The third-order valence-electron chi connectivity index (χ3n) is 5.14. The maximum atomic E-state index is 5.57. The molecule has 1 aromatic heterocycles. The third kappa shape index (κ3) is 5.36. The molecule has 0 saturated carbocycles. The van der Waals surface area contributed by atoms with Crippen LogP contribution in [0.2, 0.25) is 0 Å². The molecular formula is C24H30N4O4S. The molecule has 3 aromatic rings. The standard InChI is InChI=1S/C24H30N4O4S/c1-16(2)14-33-24-26-25-22(28(24)18-7-6-8-19(11-18)29-4)13-27(3)12-17-9-20(30-5)23-21(10-17)31-15-32-23/h6-11,16H,12-15H2,1-5H3. The molecule has 0 unspecified atom stereocenters. The summed E-state index contributed by atoms with van der Waals surface area (Å²) in [5.41, 5.74) is 2.05. The summed E-state index contributed by atoms with van der Waals surface area (Å²) in [5, 5.41) is 9.93. The van der Waals surface area contributed by atoms with Crippen molar-refractivity contribution in [2.75, 3.05) is 33.8 Å². The Morgan fingerprint density at radius 2 is 1.94 bits per heavy atom. The van der Waals surface area contributed by atoms with E-state index in [1.807, 2.05) is 30.3 Å². The molecule has 0 bridgehead atoms. The van der Waals surface area contributed by atoms with Crippen LogP contribution in [0.3, 0.4) is 0 Å². The van der Waals surface area contributed by atoms with Crippen LogP contribution in [0, 0.1) is 5.92 Å². The molecule has 0 spiro atoms. The van der Waals surface area contributed by atoms with E-state index >= 15 is 0 Å². The molecule has 0 radical (unpaired) electrons. The summed E-state index contributed by atoms with van der Waals surface area (Å²) in [6.07, 6.45) is 0. The van der Waals surface area contributed by atoms with E-state index < -0.39 is 0 Å². The Labute approximate surface area is 198 Å². The van der Waals surface area contributed by atoms with E-state index in [4.69, 9.17) is 18.9 Å². The van der Waals surface area contributed by atoms with Crippen LogP contribution in [0.15, 0.2) is 41.6 Å². The predicted octanol–water partition coefficient (Wildman–Crippen LogP) is 4.39. The lowest BCUT2D eigenvalue weighted by atomic mass is 10.1. The number of nitrogens with zero attached hydrogens (tertiary/aromatic N) is 4. The maximum Gasteiger partial charge on any atom is 0.231 e. The van der Waals surface area contributed by atoms with Gasteiger partial charge in [0.1, 0.15) is 5.75 Å². The van der Waals surface area contributed by atoms with E-state index in [-0.39, 0.29) is 6.79 Å². The second-order valence-electron chi connectivity index (χ2n) is 8.34. The molecule has 0 aliphatic carbocycles. The zero-order valence-corrected chi connectivity index (χ0v) is 20.5. The topological polar surface area (TPSA) is 70.9 Å². The van der Waals surface area contributed by atoms with Crippen molar-refractivity contribution in [3.63, 3.8) is 0 Å². The molecule has 1 aliphatic heterocycles. The molecule has 0 amide bonds. The molecule has 0 N–H and O–H groups in total. The summed E-state index contributed by atoms with van der Waals surface area (Å²) in [7, 11) is 5.37. The van der Waals surface area contributed by atoms with Crippen LogP contribution < -0.4 is 18.9 Å². The van der Waals surface area contributed by atoms with Gasteiger partial charge in [-0.1, -0.05) is 31.7 Å². The van der Waals surface area contributed by atoms with Gasteiger partial charge < -0.3 is 18.9 Å². The fraction of sp³-hybridized carbons (Fsp3) is 0.417. The Morgan fingerprint density at radius 1 is 1.09 bits per heavy atom. The second-order valence-corrected chi connectivity index (χ2v) is 9.33. The van der Waals surface area contributed by atoms with Crippen LogP contribution in [0.25, 0.3) is 5.69 Å². The number of hydrogen-bond acceptors (Lipinski definition) is 8. The van der Waals surface area contributed by atoms with E-state index in [2.05, 4.69) is 46.6 Å². The van der Waals surface area contributed by atoms with Crippen molar-refractivity contribution in [2.45, 2.75) is 32.1 Å². The molecule has 2 aromatic carbocycles. The SMILES string of the molecule is COc1cccc(-n2c(CN(C)Cc3cc(OC)c4c(c3)OCO4)nnc2SCC(C)C)c1. The molecule has 0 saturated heterocycles. The largest absolute Gasteiger partial charge is 0.497 e. The normalized spacial score (nSPS) is 12.6. The van der Waals surface area contributed by atoms with Gasteiger partial charge in [0, 0.05) is 18.4 Å². The molecule has 176 valence electrons. The highest BCUT2D eigenvalue weighted by Crippen LogP contribution is 2.42. The van der Waals surface area contributed by atoms with Crippen LogP contribution in [0.4, 0.5) is 0 Å². The number of rotatable bonds is 10. The van der Waals surface area contributed by atoms with Crippen molar-refractivity contribution >= 4 is 11.8 Å². The van der Waals surface area contributed by atoms with Crippen molar-refractivity contribution < 1.29 is 18.9 Å². The summed E-state index contributed by atoms with van der Waals surface area (Å²) in [5.74, 6) is 5.24. The first-order valence-corrected chi connectivity index (χ1v) is 11.8. The van der Waals surface area contributed by atoms with Crippen LogP contribution in [-0.2, 0) is 13.1 Å². The monoisotopic (exact) mass is 470 g/mol. The van der Waals surface area contributed by atoms with Gasteiger partial charge in [0.05, 0.1) is 26.5 Å². The van der Waals surface area contributed by atoms with Gasteiger partial charge in [-0.2, -0.15) is 0 Å². The molecule has 2 heterocycles. The Kier molecular flexibility index (Phi) is 7.29. The van der Waals surface area contributed by atoms with Crippen molar-refractivity contribution in [3.8, 4) is 28.7 Å². The first-order chi connectivity index (χ1) is 16.0. The molecule has 0 atom stereocenters. The number of hydrogen-bond donors (Lipinski definition) is 0. The number of methoxy groups -OCH3 is 2. The average molecular weight is 471 g/mol. The summed E-state index contributed by atoms with van der Waals surface area (Å²) < 4.78 is 24.1. The van der Waals surface area contributed by atoms with Crippen molar-refractivity contribution in [3.05, 3.63) is 47.8 Å². The average Bonchev–Trinajstić information content (AvgIpc) is 3.43. The highest BCUT2D eigenvalue weighted by atomic mass is 32.2. The van der Waals surface area contributed by atoms with E-state index in [0.29, 0.717) is 36.3 Å². The number of ether oxygens (including phenoxy) is 4. The van der Waals surface area contributed by atoms with Gasteiger partial charge in [0.15, 0.2) is 22.5 Å². The fourth-order valence-corrected chi connectivity index (χ4v) is 4.55. The Hall–Kier alpha value is -2.91. The lowest BCUT2D eigenvalue weighted by Crippen LogP contribution is -2.20. The van der Waals surface area contributed by atoms with Crippen LogP contribution in [0.5, 0.6) is 23.0 Å². The van der Waals surface area contributed by atoms with Gasteiger partial charge in [-0.25, -0.2) is 0 Å². The van der Waals surface area contributed by atoms with Gasteiger partial charge in [-0.3, -0.25) is 9.47 Å². The van der Waals surface area contributed by atoms with Gasteiger partial charge >= 0.3 is 0 Å². The highest BCUT2D eigenvalue weighted by molar-refractivity contribution is 7.99. The number of fused-ring (bicyclic) bond motifs is 1. The highest BCUT2D eigenvalue weighted by Gasteiger charge is 2.21. The van der Waals surface area contributed by atoms with Crippen LogP contribution in [0.1, 0.15) is 25.2 Å². The smallest absolute Gasteiger partial charge is 0.231 e. The summed E-state index contributed by atoms with van der Waals surface area (Å²) in [4.78, 5) is 2.19. The van der Waals surface area contributed by atoms with Crippen LogP contribution >= 0.6 is 11.8 Å². The molecule has 9 heteroatoms. The van der Waals surface area contributed by atoms with Gasteiger partial charge in [0.25, 0.3) is 0 Å². The number of benzene rings is 2. The van der Waals surface area contributed by atoms with Crippen molar-refractivity contribution in [2.24, 2.45) is 5.92 Å². The minimum atomic E-state index is 0.214. The maximum absolute atomic E-state index is 5.57.